The molecule has 1 heterocycles. The third-order valence-corrected chi connectivity index (χ3v) is 6.15. The molecular formula is C23H39N5O. The van der Waals surface area contributed by atoms with E-state index in [1.54, 1.807) is 7.11 Å². The fourth-order valence-corrected chi connectivity index (χ4v) is 4.37. The highest BCUT2D eigenvalue weighted by molar-refractivity contribution is 5.79. The predicted octanol–water partition coefficient (Wildman–Crippen LogP) is 2.73. The lowest BCUT2D eigenvalue weighted by atomic mass is 10.0. The van der Waals surface area contributed by atoms with Crippen molar-refractivity contribution in [3.8, 4) is 5.75 Å². The van der Waals surface area contributed by atoms with Gasteiger partial charge in [-0.15, -0.1) is 0 Å². The van der Waals surface area contributed by atoms with Crippen LogP contribution in [0.5, 0.6) is 5.75 Å². The Morgan fingerprint density at radius 1 is 1.21 bits per heavy atom. The molecule has 1 aliphatic carbocycles. The molecule has 1 aliphatic heterocycles. The van der Waals surface area contributed by atoms with Crippen LogP contribution in [0, 0.1) is 5.92 Å². The Hall–Kier alpha value is -1.79. The number of likely N-dealkylation sites (tertiary alicyclic amines) is 1. The number of methoxy groups -OCH3 is 1. The zero-order chi connectivity index (χ0) is 20.6. The van der Waals surface area contributed by atoms with Crippen LogP contribution >= 0.6 is 0 Å². The van der Waals surface area contributed by atoms with Crippen LogP contribution in [0.15, 0.2) is 29.3 Å². The summed E-state index contributed by atoms with van der Waals surface area (Å²) in [6.07, 6.45) is 5.22. The van der Waals surface area contributed by atoms with Crippen LogP contribution in [0.3, 0.4) is 0 Å². The van der Waals surface area contributed by atoms with E-state index in [0.29, 0.717) is 6.04 Å². The number of hydrogen-bond acceptors (Lipinski definition) is 4. The maximum atomic E-state index is 5.67. The van der Waals surface area contributed by atoms with Crippen LogP contribution in [-0.2, 0) is 0 Å². The molecule has 1 saturated carbocycles. The van der Waals surface area contributed by atoms with Crippen LogP contribution in [0.4, 0.5) is 0 Å². The predicted molar refractivity (Wildman–Crippen MR) is 121 cm³/mol. The summed E-state index contributed by atoms with van der Waals surface area (Å²) in [5, 5.41) is 7.06. The molecule has 29 heavy (non-hydrogen) atoms. The molecular weight excluding hydrogens is 362 g/mol. The highest BCUT2D eigenvalue weighted by atomic mass is 16.5. The number of likely N-dealkylation sites (N-methyl/N-ethyl adjacent to an activating group) is 1. The fourth-order valence-electron chi connectivity index (χ4n) is 4.37. The first-order valence-corrected chi connectivity index (χ1v) is 11.2. The van der Waals surface area contributed by atoms with Gasteiger partial charge in [-0.1, -0.05) is 18.2 Å². The smallest absolute Gasteiger partial charge is 0.191 e. The zero-order valence-corrected chi connectivity index (χ0v) is 18.7. The summed E-state index contributed by atoms with van der Waals surface area (Å²) in [6, 6.07) is 9.23. The topological polar surface area (TPSA) is 52.1 Å². The molecule has 1 aromatic rings. The summed E-state index contributed by atoms with van der Waals surface area (Å²) < 4.78 is 5.67. The molecule has 0 aromatic heterocycles. The summed E-state index contributed by atoms with van der Waals surface area (Å²) in [7, 11) is 6.10. The molecule has 0 radical (unpaired) electrons. The third-order valence-electron chi connectivity index (χ3n) is 6.15. The lowest BCUT2D eigenvalue weighted by molar-refractivity contribution is 0.239. The second-order valence-electron chi connectivity index (χ2n) is 8.47. The van der Waals surface area contributed by atoms with Crippen LogP contribution < -0.4 is 15.4 Å². The first-order chi connectivity index (χ1) is 14.1. The number of benzene rings is 1. The monoisotopic (exact) mass is 401 g/mol. The Morgan fingerprint density at radius 2 is 1.93 bits per heavy atom. The summed E-state index contributed by atoms with van der Waals surface area (Å²) in [6.45, 7) is 6.94. The van der Waals surface area contributed by atoms with Gasteiger partial charge in [0.05, 0.1) is 19.7 Å². The molecule has 2 atom stereocenters. The second kappa shape index (κ2) is 10.8. The molecule has 6 heteroatoms. The van der Waals surface area contributed by atoms with Gasteiger partial charge in [0, 0.05) is 24.7 Å². The third kappa shape index (κ3) is 6.09. The van der Waals surface area contributed by atoms with Gasteiger partial charge >= 0.3 is 0 Å². The number of para-hydroxylation sites is 1. The zero-order valence-electron chi connectivity index (χ0n) is 18.7. The molecule has 0 amide bonds. The number of nitrogens with zero attached hydrogens (tertiary/aromatic N) is 3. The molecule has 6 nitrogen and oxygen atoms in total. The maximum Gasteiger partial charge on any atom is 0.191 e. The van der Waals surface area contributed by atoms with Gasteiger partial charge in [-0.05, 0) is 71.8 Å². The van der Waals surface area contributed by atoms with E-state index in [1.165, 1.54) is 31.2 Å². The summed E-state index contributed by atoms with van der Waals surface area (Å²) >= 11 is 0. The molecule has 2 N–H and O–H groups in total. The van der Waals surface area contributed by atoms with E-state index in [2.05, 4.69) is 59.7 Å². The Kier molecular flexibility index (Phi) is 8.19. The minimum Gasteiger partial charge on any atom is -0.496 e. The molecule has 2 aliphatic rings. The molecule has 1 saturated heterocycles. The van der Waals surface area contributed by atoms with E-state index < -0.39 is 0 Å². The Labute approximate surface area is 176 Å². The van der Waals surface area contributed by atoms with Crippen LogP contribution in [0.1, 0.15) is 44.2 Å². The Morgan fingerprint density at radius 3 is 2.55 bits per heavy atom. The van der Waals surface area contributed by atoms with E-state index in [4.69, 9.17) is 9.73 Å². The summed E-state index contributed by atoms with van der Waals surface area (Å²) in [5.41, 5.74) is 1.25. The van der Waals surface area contributed by atoms with Crippen molar-refractivity contribution in [2.75, 3.05) is 53.9 Å². The van der Waals surface area contributed by atoms with Gasteiger partial charge in [0.2, 0.25) is 0 Å². The molecule has 0 spiro atoms. The lowest BCUT2D eigenvalue weighted by Gasteiger charge is -2.30. The fraction of sp³-hybridized carbons (Fsp3) is 0.696. The molecule has 0 bridgehead atoms. The number of ether oxygens (including phenoxy) is 1. The van der Waals surface area contributed by atoms with Crippen molar-refractivity contribution in [1.82, 2.24) is 20.4 Å². The van der Waals surface area contributed by atoms with Crippen molar-refractivity contribution in [2.45, 2.75) is 44.7 Å². The molecule has 2 unspecified atom stereocenters. The van der Waals surface area contributed by atoms with Crippen LogP contribution in [-0.4, -0.2) is 75.7 Å². The van der Waals surface area contributed by atoms with Gasteiger partial charge in [-0.3, -0.25) is 9.89 Å². The van der Waals surface area contributed by atoms with Crippen LogP contribution in [0.2, 0.25) is 0 Å². The highest BCUT2D eigenvalue weighted by Crippen LogP contribution is 2.34. The first kappa shape index (κ1) is 21.9. The van der Waals surface area contributed by atoms with Gasteiger partial charge in [0.25, 0.3) is 0 Å². The van der Waals surface area contributed by atoms with E-state index in [-0.39, 0.29) is 6.04 Å². The lowest BCUT2D eigenvalue weighted by Crippen LogP contribution is -2.43. The largest absolute Gasteiger partial charge is 0.496 e. The number of aliphatic imine (C=N–C) groups is 1. The normalized spacial score (nSPS) is 20.0. The van der Waals surface area contributed by atoms with Crippen molar-refractivity contribution >= 4 is 5.96 Å². The van der Waals surface area contributed by atoms with Crippen molar-refractivity contribution in [1.29, 1.82) is 0 Å². The van der Waals surface area contributed by atoms with Gasteiger partial charge in [0.1, 0.15) is 5.75 Å². The summed E-state index contributed by atoms with van der Waals surface area (Å²) in [4.78, 5) is 9.83. The van der Waals surface area contributed by atoms with Crippen molar-refractivity contribution in [3.63, 3.8) is 0 Å². The van der Waals surface area contributed by atoms with Crippen molar-refractivity contribution in [3.05, 3.63) is 29.8 Å². The van der Waals surface area contributed by atoms with E-state index >= 15 is 0 Å². The Balaban J connectivity index is 1.70. The van der Waals surface area contributed by atoms with E-state index in [1.807, 2.05) is 6.07 Å². The number of nitrogens with one attached hydrogen (secondary N) is 2. The van der Waals surface area contributed by atoms with Crippen molar-refractivity contribution < 1.29 is 4.74 Å². The molecule has 3 rings (SSSR count). The minimum absolute atomic E-state index is 0.283. The van der Waals surface area contributed by atoms with Crippen molar-refractivity contribution in [2.24, 2.45) is 10.9 Å². The number of hydrogen-bond donors (Lipinski definition) is 2. The average Bonchev–Trinajstić information content (AvgIpc) is 3.41. The second-order valence-corrected chi connectivity index (χ2v) is 8.47. The Bertz CT molecular complexity index is 650. The SMILES string of the molecule is CCNC(=NCC(C1CC1)N(C)C)NCC(c1ccccc1OC)N1CCCC1. The standard InChI is InChI=1S/C23H39N5O/c1-5-24-23(25-16-20(27(2)3)18-12-13-18)26-17-21(28-14-8-9-15-28)19-10-6-7-11-22(19)29-4/h6-7,10-11,18,20-21H,5,8-9,12-17H2,1-4H3,(H2,24,25,26). The number of guanidine groups is 1. The van der Waals surface area contributed by atoms with Gasteiger partial charge in [-0.25, -0.2) is 0 Å². The van der Waals surface area contributed by atoms with Gasteiger partial charge < -0.3 is 20.3 Å². The highest BCUT2D eigenvalue weighted by Gasteiger charge is 2.32. The average molecular weight is 402 g/mol. The minimum atomic E-state index is 0.283. The van der Waals surface area contributed by atoms with E-state index in [0.717, 1.165) is 50.4 Å². The molecule has 2 fully saturated rings. The number of rotatable bonds is 10. The molecule has 1 aromatic carbocycles. The summed E-state index contributed by atoms with van der Waals surface area (Å²) in [5.74, 6) is 2.69. The molecule has 162 valence electrons. The first-order valence-electron chi connectivity index (χ1n) is 11.2. The van der Waals surface area contributed by atoms with Crippen LogP contribution in [0.25, 0.3) is 0 Å². The quantitative estimate of drug-likeness (QED) is 0.466. The van der Waals surface area contributed by atoms with E-state index in [9.17, 15) is 0 Å². The maximum absolute atomic E-state index is 5.67. The van der Waals surface area contributed by atoms with Gasteiger partial charge in [0.15, 0.2) is 5.96 Å². The van der Waals surface area contributed by atoms with Gasteiger partial charge in [-0.2, -0.15) is 0 Å².